The van der Waals surface area contributed by atoms with Gasteiger partial charge in [0.15, 0.2) is 10.9 Å². The quantitative estimate of drug-likeness (QED) is 0.287. The molecular weight excluding hydrogens is 545 g/mol. The van der Waals surface area contributed by atoms with Gasteiger partial charge in [0.2, 0.25) is 5.95 Å². The van der Waals surface area contributed by atoms with Crippen LogP contribution in [0.4, 0.5) is 21.8 Å². The number of nitrogens with one attached hydrogen (secondary N) is 3. The average Bonchev–Trinajstić information content (AvgIpc) is 3.14. The normalized spacial score (nSPS) is 11.1. The molecule has 0 bridgehead atoms. The first-order chi connectivity index (χ1) is 16.3. The Hall–Kier alpha value is -3.42. The van der Waals surface area contributed by atoms with Crippen molar-refractivity contribution in [3.63, 3.8) is 0 Å². The Morgan fingerprint density at radius 2 is 1.74 bits per heavy atom. The molecule has 13 heteroatoms. The highest BCUT2D eigenvalue weighted by Crippen LogP contribution is 2.22. The highest BCUT2D eigenvalue weighted by atomic mass is 79.9. The van der Waals surface area contributed by atoms with Gasteiger partial charge in [-0.1, -0.05) is 18.2 Å². The highest BCUT2D eigenvalue weighted by Gasteiger charge is 2.16. The molecule has 2 aromatic carbocycles. The van der Waals surface area contributed by atoms with Crippen LogP contribution in [-0.4, -0.2) is 33.3 Å². The van der Waals surface area contributed by atoms with Crippen molar-refractivity contribution in [1.82, 2.24) is 19.7 Å². The fraction of sp³-hybridized carbons (Fsp3) is 0.0476. The molecule has 0 amide bonds. The zero-order valence-electron chi connectivity index (χ0n) is 17.3. The lowest BCUT2D eigenvalue weighted by atomic mass is 10.2. The minimum Gasteiger partial charge on any atom is -0.332 e. The predicted molar refractivity (Wildman–Crippen MR) is 135 cm³/mol. The van der Waals surface area contributed by atoms with Gasteiger partial charge >= 0.3 is 0 Å². The van der Waals surface area contributed by atoms with Crippen molar-refractivity contribution in [2.24, 2.45) is 0 Å². The summed E-state index contributed by atoms with van der Waals surface area (Å²) in [4.78, 5) is 7.75. The van der Waals surface area contributed by atoms with Crippen LogP contribution >= 0.6 is 28.1 Å². The molecule has 0 aliphatic rings. The SMILES string of the molecule is O=S(=O)(Nc1ncccn1)c1ccc(NC(=S)Nc2nn(Cc3ccccc3F)cc2Br)cc1. The Morgan fingerprint density at radius 3 is 2.44 bits per heavy atom. The van der Waals surface area contributed by atoms with Gasteiger partial charge in [0.05, 0.1) is 15.9 Å². The van der Waals surface area contributed by atoms with Gasteiger partial charge in [0.1, 0.15) is 5.82 Å². The second-order valence-corrected chi connectivity index (χ2v) is 9.84. The molecule has 0 fully saturated rings. The van der Waals surface area contributed by atoms with Crippen molar-refractivity contribution < 1.29 is 12.8 Å². The maximum absolute atomic E-state index is 13.9. The van der Waals surface area contributed by atoms with E-state index in [0.29, 0.717) is 21.5 Å². The third-order valence-electron chi connectivity index (χ3n) is 4.45. The second kappa shape index (κ2) is 10.2. The van der Waals surface area contributed by atoms with Crippen molar-refractivity contribution >= 4 is 60.7 Å². The third-order valence-corrected chi connectivity index (χ3v) is 6.58. The van der Waals surface area contributed by atoms with E-state index in [2.05, 4.69) is 46.4 Å². The number of halogens is 2. The smallest absolute Gasteiger partial charge is 0.264 e. The largest absolute Gasteiger partial charge is 0.332 e. The van der Waals surface area contributed by atoms with Crippen LogP contribution in [0.5, 0.6) is 0 Å². The molecule has 0 atom stereocenters. The molecule has 174 valence electrons. The summed E-state index contributed by atoms with van der Waals surface area (Å²) in [6.45, 7) is 0.255. The maximum atomic E-state index is 13.9. The maximum Gasteiger partial charge on any atom is 0.264 e. The minimum atomic E-state index is -3.84. The number of rotatable bonds is 7. The molecule has 4 aromatic rings. The van der Waals surface area contributed by atoms with E-state index in [9.17, 15) is 12.8 Å². The topological polar surface area (TPSA) is 114 Å². The number of hydrogen-bond donors (Lipinski definition) is 3. The van der Waals surface area contributed by atoms with Gasteiger partial charge in [-0.25, -0.2) is 27.5 Å². The number of benzene rings is 2. The van der Waals surface area contributed by atoms with Gasteiger partial charge < -0.3 is 10.6 Å². The Labute approximate surface area is 208 Å². The zero-order valence-corrected chi connectivity index (χ0v) is 20.5. The van der Waals surface area contributed by atoms with Crippen molar-refractivity contribution in [1.29, 1.82) is 0 Å². The second-order valence-electron chi connectivity index (χ2n) is 6.90. The number of anilines is 3. The number of aromatic nitrogens is 4. The standard InChI is InChI=1S/C21H17BrFN7O2S2/c22-17-13-30(12-14-4-1-2-5-18(14)23)28-19(17)27-21(33)26-15-6-8-16(9-7-15)34(31,32)29-20-24-10-3-11-25-20/h1-11,13H,12H2,(H,24,25,29)(H2,26,27,28,33). The van der Waals surface area contributed by atoms with E-state index in [1.54, 1.807) is 47.3 Å². The van der Waals surface area contributed by atoms with E-state index in [-0.39, 0.29) is 28.3 Å². The van der Waals surface area contributed by atoms with Crippen LogP contribution in [0, 0.1) is 5.82 Å². The lowest BCUT2D eigenvalue weighted by Gasteiger charge is -2.10. The summed E-state index contributed by atoms with van der Waals surface area (Å²) in [5.74, 6) is 0.118. The van der Waals surface area contributed by atoms with Crippen molar-refractivity contribution in [2.45, 2.75) is 11.4 Å². The molecule has 0 radical (unpaired) electrons. The van der Waals surface area contributed by atoms with Crippen LogP contribution in [0.1, 0.15) is 5.56 Å². The van der Waals surface area contributed by atoms with Crippen LogP contribution in [0.15, 0.2) is 82.6 Å². The van der Waals surface area contributed by atoms with Crippen molar-refractivity contribution in [2.75, 3.05) is 15.4 Å². The summed E-state index contributed by atoms with van der Waals surface area (Å²) in [5.41, 5.74) is 1.07. The number of hydrogen-bond acceptors (Lipinski definition) is 6. The summed E-state index contributed by atoms with van der Waals surface area (Å²) in [6.07, 6.45) is 4.58. The first kappa shape index (κ1) is 23.7. The van der Waals surface area contributed by atoms with Crippen molar-refractivity contribution in [3.05, 3.63) is 89.0 Å². The van der Waals surface area contributed by atoms with Crippen LogP contribution in [0.2, 0.25) is 0 Å². The fourth-order valence-corrected chi connectivity index (χ4v) is 4.47. The molecule has 0 aliphatic heterocycles. The van der Waals surface area contributed by atoms with Gasteiger partial charge in [-0.15, -0.1) is 0 Å². The van der Waals surface area contributed by atoms with Gasteiger partial charge in [-0.2, -0.15) is 5.10 Å². The molecule has 34 heavy (non-hydrogen) atoms. The van der Waals surface area contributed by atoms with E-state index in [4.69, 9.17) is 12.2 Å². The average molecular weight is 562 g/mol. The summed E-state index contributed by atoms with van der Waals surface area (Å²) < 4.78 is 43.4. The van der Waals surface area contributed by atoms with Crippen LogP contribution in [-0.2, 0) is 16.6 Å². The number of nitrogens with zero attached hydrogens (tertiary/aromatic N) is 4. The highest BCUT2D eigenvalue weighted by molar-refractivity contribution is 9.10. The first-order valence-electron chi connectivity index (χ1n) is 9.74. The molecule has 2 heterocycles. The molecule has 9 nitrogen and oxygen atoms in total. The molecule has 0 saturated carbocycles. The predicted octanol–water partition coefficient (Wildman–Crippen LogP) is 4.23. The zero-order chi connectivity index (χ0) is 24.1. The summed E-state index contributed by atoms with van der Waals surface area (Å²) >= 11 is 8.74. The van der Waals surface area contributed by atoms with Crippen molar-refractivity contribution in [3.8, 4) is 0 Å². The molecule has 3 N–H and O–H groups in total. The van der Waals surface area contributed by atoms with Gasteiger partial charge in [0, 0.05) is 29.8 Å². The minimum absolute atomic E-state index is 0.0184. The van der Waals surface area contributed by atoms with Gasteiger partial charge in [-0.3, -0.25) is 4.68 Å². The molecule has 4 rings (SSSR count). The van der Waals surface area contributed by atoms with E-state index in [1.807, 2.05) is 0 Å². The lowest BCUT2D eigenvalue weighted by Crippen LogP contribution is -2.20. The van der Waals surface area contributed by atoms with Crippen LogP contribution in [0.3, 0.4) is 0 Å². The van der Waals surface area contributed by atoms with Gasteiger partial charge in [-0.05, 0) is 64.5 Å². The summed E-state index contributed by atoms with van der Waals surface area (Å²) in [7, 11) is -3.84. The summed E-state index contributed by atoms with van der Waals surface area (Å²) in [5, 5.41) is 10.5. The Morgan fingerprint density at radius 1 is 1.03 bits per heavy atom. The Balaban J connectivity index is 1.38. The lowest BCUT2D eigenvalue weighted by molar-refractivity contribution is 0.585. The van der Waals surface area contributed by atoms with E-state index in [0.717, 1.165) is 0 Å². The molecule has 0 saturated heterocycles. The van der Waals surface area contributed by atoms with E-state index in [1.165, 1.54) is 30.6 Å². The van der Waals surface area contributed by atoms with Crippen LogP contribution < -0.4 is 15.4 Å². The molecule has 2 aromatic heterocycles. The molecule has 0 aliphatic carbocycles. The third kappa shape index (κ3) is 5.92. The molecule has 0 unspecified atom stereocenters. The molecular formula is C21H17BrFN7O2S2. The Kier molecular flexibility index (Phi) is 7.14. The first-order valence-corrected chi connectivity index (χ1v) is 12.4. The van der Waals surface area contributed by atoms with E-state index >= 15 is 0 Å². The number of thiocarbonyl (C=S) groups is 1. The monoisotopic (exact) mass is 561 g/mol. The number of sulfonamides is 1. The summed E-state index contributed by atoms with van der Waals surface area (Å²) in [6, 6.07) is 14.1. The Bertz CT molecular complexity index is 1410. The van der Waals surface area contributed by atoms with E-state index < -0.39 is 10.0 Å². The molecule has 0 spiro atoms. The van der Waals surface area contributed by atoms with Crippen LogP contribution in [0.25, 0.3) is 0 Å². The van der Waals surface area contributed by atoms with Gasteiger partial charge in [0.25, 0.3) is 10.0 Å². The fourth-order valence-electron chi connectivity index (χ4n) is 2.88.